The summed E-state index contributed by atoms with van der Waals surface area (Å²) in [5.74, 6) is 1.47. The molecule has 0 aliphatic rings. The van der Waals surface area contributed by atoms with E-state index in [2.05, 4.69) is 23.7 Å². The average Bonchev–Trinajstić information content (AvgIpc) is 2.29. The molecular formula is C12H21N3O. The van der Waals surface area contributed by atoms with Gasteiger partial charge in [-0.25, -0.2) is 0 Å². The predicted molar refractivity (Wildman–Crippen MR) is 68.0 cm³/mol. The summed E-state index contributed by atoms with van der Waals surface area (Å²) in [5.41, 5.74) is 6.38. The summed E-state index contributed by atoms with van der Waals surface area (Å²) in [6, 6.07) is 3.79. The van der Waals surface area contributed by atoms with Gasteiger partial charge in [-0.3, -0.25) is 0 Å². The van der Waals surface area contributed by atoms with Crippen LogP contribution in [-0.2, 0) is 0 Å². The van der Waals surface area contributed by atoms with Crippen molar-refractivity contribution in [1.82, 2.24) is 4.98 Å². The van der Waals surface area contributed by atoms with Crippen LogP contribution >= 0.6 is 0 Å². The Kier molecular flexibility index (Phi) is 4.89. The number of nitrogens with two attached hydrogens (primary N) is 1. The van der Waals surface area contributed by atoms with Crippen molar-refractivity contribution < 1.29 is 4.74 Å². The molecule has 0 aliphatic carbocycles. The molecule has 90 valence electrons. The lowest BCUT2D eigenvalue weighted by Crippen LogP contribution is -2.24. The van der Waals surface area contributed by atoms with Crippen LogP contribution in [-0.4, -0.2) is 24.7 Å². The van der Waals surface area contributed by atoms with E-state index in [-0.39, 0.29) is 0 Å². The second-order valence-electron chi connectivity index (χ2n) is 3.58. The molecule has 4 heteroatoms. The summed E-state index contributed by atoms with van der Waals surface area (Å²) in [5, 5.41) is 0. The molecule has 0 spiro atoms. The SMILES string of the molecule is CCCN(CC)c1ccc(N)c(OCC)n1. The van der Waals surface area contributed by atoms with Crippen LogP contribution in [0.5, 0.6) is 5.88 Å². The standard InChI is InChI=1S/C12H21N3O/c1-4-9-15(5-2)11-8-7-10(13)12(14-11)16-6-3/h7-8H,4-6,9,13H2,1-3H3. The molecule has 0 unspecified atom stereocenters. The number of aromatic nitrogens is 1. The molecular weight excluding hydrogens is 202 g/mol. The van der Waals surface area contributed by atoms with Crippen molar-refractivity contribution >= 4 is 11.5 Å². The summed E-state index contributed by atoms with van der Waals surface area (Å²) in [6.07, 6.45) is 1.10. The largest absolute Gasteiger partial charge is 0.476 e. The topological polar surface area (TPSA) is 51.4 Å². The minimum atomic E-state index is 0.537. The monoisotopic (exact) mass is 223 g/mol. The summed E-state index contributed by atoms with van der Waals surface area (Å²) < 4.78 is 5.39. The van der Waals surface area contributed by atoms with Gasteiger partial charge in [0, 0.05) is 13.1 Å². The number of anilines is 2. The zero-order chi connectivity index (χ0) is 12.0. The maximum Gasteiger partial charge on any atom is 0.239 e. The lowest BCUT2D eigenvalue weighted by molar-refractivity contribution is 0.329. The average molecular weight is 223 g/mol. The molecule has 0 saturated heterocycles. The minimum Gasteiger partial charge on any atom is -0.476 e. The van der Waals surface area contributed by atoms with E-state index < -0.39 is 0 Å². The smallest absolute Gasteiger partial charge is 0.239 e. The van der Waals surface area contributed by atoms with E-state index in [1.807, 2.05) is 19.1 Å². The van der Waals surface area contributed by atoms with Gasteiger partial charge in [0.15, 0.2) is 0 Å². The van der Waals surface area contributed by atoms with Crippen LogP contribution in [0.3, 0.4) is 0 Å². The highest BCUT2D eigenvalue weighted by atomic mass is 16.5. The molecule has 0 saturated carbocycles. The molecule has 2 N–H and O–H groups in total. The number of hydrogen-bond acceptors (Lipinski definition) is 4. The summed E-state index contributed by atoms with van der Waals surface area (Å²) in [6.45, 7) is 8.73. The van der Waals surface area contributed by atoms with Gasteiger partial charge in [-0.05, 0) is 32.4 Å². The fourth-order valence-electron chi connectivity index (χ4n) is 1.57. The molecule has 1 heterocycles. The molecule has 0 radical (unpaired) electrons. The Morgan fingerprint density at radius 2 is 2.06 bits per heavy atom. The lowest BCUT2D eigenvalue weighted by Gasteiger charge is -2.21. The Morgan fingerprint density at radius 1 is 1.31 bits per heavy atom. The molecule has 1 rings (SSSR count). The third-order valence-electron chi connectivity index (χ3n) is 2.36. The van der Waals surface area contributed by atoms with Gasteiger partial charge in [0.05, 0.1) is 12.3 Å². The third-order valence-corrected chi connectivity index (χ3v) is 2.36. The van der Waals surface area contributed by atoms with Gasteiger partial charge in [0.2, 0.25) is 5.88 Å². The minimum absolute atomic E-state index is 0.537. The van der Waals surface area contributed by atoms with Gasteiger partial charge in [-0.1, -0.05) is 6.92 Å². The Hall–Kier alpha value is -1.45. The predicted octanol–water partition coefficient (Wildman–Crippen LogP) is 2.30. The Labute approximate surface area is 97.4 Å². The van der Waals surface area contributed by atoms with E-state index in [0.29, 0.717) is 18.2 Å². The summed E-state index contributed by atoms with van der Waals surface area (Å²) in [7, 11) is 0. The molecule has 0 aliphatic heterocycles. The van der Waals surface area contributed by atoms with Crippen molar-refractivity contribution in [1.29, 1.82) is 0 Å². The highest BCUT2D eigenvalue weighted by molar-refractivity contribution is 5.54. The maximum atomic E-state index is 5.79. The van der Waals surface area contributed by atoms with Crippen molar-refractivity contribution in [2.75, 3.05) is 30.3 Å². The third kappa shape index (κ3) is 3.02. The van der Waals surface area contributed by atoms with Gasteiger partial charge in [-0.15, -0.1) is 0 Å². The van der Waals surface area contributed by atoms with Gasteiger partial charge in [0.1, 0.15) is 5.82 Å². The van der Waals surface area contributed by atoms with Gasteiger partial charge < -0.3 is 15.4 Å². The van der Waals surface area contributed by atoms with E-state index in [1.165, 1.54) is 0 Å². The van der Waals surface area contributed by atoms with E-state index in [1.54, 1.807) is 0 Å². The number of rotatable bonds is 6. The first-order valence-corrected chi connectivity index (χ1v) is 5.87. The van der Waals surface area contributed by atoms with Crippen LogP contribution < -0.4 is 15.4 Å². The van der Waals surface area contributed by atoms with Crippen LogP contribution in [0.4, 0.5) is 11.5 Å². The summed E-state index contributed by atoms with van der Waals surface area (Å²) >= 11 is 0. The Balaban J connectivity index is 2.91. The zero-order valence-corrected chi connectivity index (χ0v) is 10.4. The first-order valence-electron chi connectivity index (χ1n) is 5.87. The molecule has 0 aromatic carbocycles. The van der Waals surface area contributed by atoms with Crippen molar-refractivity contribution in [3.05, 3.63) is 12.1 Å². The van der Waals surface area contributed by atoms with E-state index in [0.717, 1.165) is 25.3 Å². The van der Waals surface area contributed by atoms with Gasteiger partial charge in [0.25, 0.3) is 0 Å². The van der Waals surface area contributed by atoms with E-state index >= 15 is 0 Å². The van der Waals surface area contributed by atoms with Crippen molar-refractivity contribution in [2.24, 2.45) is 0 Å². The summed E-state index contributed by atoms with van der Waals surface area (Å²) in [4.78, 5) is 6.64. The van der Waals surface area contributed by atoms with Crippen molar-refractivity contribution in [3.8, 4) is 5.88 Å². The highest BCUT2D eigenvalue weighted by Gasteiger charge is 2.08. The van der Waals surface area contributed by atoms with Crippen LogP contribution in [0.25, 0.3) is 0 Å². The van der Waals surface area contributed by atoms with Gasteiger partial charge >= 0.3 is 0 Å². The second kappa shape index (κ2) is 6.20. The number of pyridine rings is 1. The maximum absolute atomic E-state index is 5.79. The van der Waals surface area contributed by atoms with Crippen molar-refractivity contribution in [2.45, 2.75) is 27.2 Å². The molecule has 0 atom stereocenters. The molecule has 1 aromatic heterocycles. The number of hydrogen-bond donors (Lipinski definition) is 1. The second-order valence-corrected chi connectivity index (χ2v) is 3.58. The fourth-order valence-corrected chi connectivity index (χ4v) is 1.57. The number of nitrogens with zero attached hydrogens (tertiary/aromatic N) is 2. The quantitative estimate of drug-likeness (QED) is 0.804. The van der Waals surface area contributed by atoms with E-state index in [4.69, 9.17) is 10.5 Å². The van der Waals surface area contributed by atoms with Crippen LogP contribution in [0.1, 0.15) is 27.2 Å². The normalized spacial score (nSPS) is 10.2. The fraction of sp³-hybridized carbons (Fsp3) is 0.583. The van der Waals surface area contributed by atoms with Crippen LogP contribution in [0, 0.1) is 0 Å². The molecule has 16 heavy (non-hydrogen) atoms. The Bertz CT molecular complexity index is 328. The van der Waals surface area contributed by atoms with Crippen LogP contribution in [0.2, 0.25) is 0 Å². The highest BCUT2D eigenvalue weighted by Crippen LogP contribution is 2.23. The molecule has 1 aromatic rings. The van der Waals surface area contributed by atoms with Crippen LogP contribution in [0.15, 0.2) is 12.1 Å². The molecule has 0 bridgehead atoms. The van der Waals surface area contributed by atoms with Gasteiger partial charge in [-0.2, -0.15) is 4.98 Å². The number of ether oxygens (including phenoxy) is 1. The first-order chi connectivity index (χ1) is 7.72. The molecule has 0 fully saturated rings. The van der Waals surface area contributed by atoms with Crippen molar-refractivity contribution in [3.63, 3.8) is 0 Å². The zero-order valence-electron chi connectivity index (χ0n) is 10.4. The number of nitrogen functional groups attached to an aromatic ring is 1. The first kappa shape index (κ1) is 12.6. The Morgan fingerprint density at radius 3 is 2.62 bits per heavy atom. The molecule has 0 amide bonds. The van der Waals surface area contributed by atoms with E-state index in [9.17, 15) is 0 Å². The lowest BCUT2D eigenvalue weighted by atomic mass is 10.3. The molecule has 4 nitrogen and oxygen atoms in total.